The standard InChI is InChI=1S/C17H13ClF2N4OS/c18-10-8-23-16-14(10)13(2-4-21-16)25-15-11(19)6-9(7-12(15)20)24-17-22-3-1-5-26-17/h2,4,6-8H,1,3,5H2,(H,21,23)(H,22,24). The number of benzene rings is 1. The van der Waals surface area contributed by atoms with Crippen LogP contribution >= 0.6 is 23.4 Å². The number of anilines is 1. The number of aliphatic imine (C=N–C) groups is 1. The first-order valence-electron chi connectivity index (χ1n) is 7.84. The number of aromatic nitrogens is 2. The first kappa shape index (κ1) is 17.1. The monoisotopic (exact) mass is 394 g/mol. The maximum Gasteiger partial charge on any atom is 0.198 e. The van der Waals surface area contributed by atoms with Crippen molar-refractivity contribution < 1.29 is 13.5 Å². The molecule has 3 heterocycles. The normalized spacial score (nSPS) is 14.3. The molecule has 26 heavy (non-hydrogen) atoms. The lowest BCUT2D eigenvalue weighted by atomic mass is 10.2. The third-order valence-corrected chi connectivity index (χ3v) is 5.04. The highest BCUT2D eigenvalue weighted by Gasteiger charge is 2.18. The summed E-state index contributed by atoms with van der Waals surface area (Å²) < 4.78 is 34.4. The van der Waals surface area contributed by atoms with E-state index in [-0.39, 0.29) is 11.4 Å². The molecule has 0 saturated heterocycles. The fourth-order valence-corrected chi connectivity index (χ4v) is 3.65. The van der Waals surface area contributed by atoms with Gasteiger partial charge in [-0.3, -0.25) is 4.99 Å². The predicted octanol–water partition coefficient (Wildman–Crippen LogP) is 5.19. The van der Waals surface area contributed by atoms with E-state index in [0.717, 1.165) is 12.2 Å². The zero-order chi connectivity index (χ0) is 18.1. The van der Waals surface area contributed by atoms with Gasteiger partial charge in [0.2, 0.25) is 0 Å². The van der Waals surface area contributed by atoms with Crippen LogP contribution < -0.4 is 10.1 Å². The average molecular weight is 395 g/mol. The minimum Gasteiger partial charge on any atom is -0.450 e. The second-order valence-electron chi connectivity index (χ2n) is 5.55. The zero-order valence-corrected chi connectivity index (χ0v) is 14.9. The topological polar surface area (TPSA) is 62.3 Å². The number of pyridine rings is 1. The molecular weight excluding hydrogens is 382 g/mol. The quantitative estimate of drug-likeness (QED) is 0.641. The van der Waals surface area contributed by atoms with E-state index in [9.17, 15) is 8.78 Å². The summed E-state index contributed by atoms with van der Waals surface area (Å²) in [5.41, 5.74) is 0.749. The number of hydrogen-bond acceptors (Lipinski definition) is 5. The van der Waals surface area contributed by atoms with Crippen LogP contribution in [0.3, 0.4) is 0 Å². The first-order chi connectivity index (χ1) is 12.6. The fraction of sp³-hybridized carbons (Fsp3) is 0.176. The number of rotatable bonds is 3. The third-order valence-electron chi connectivity index (χ3n) is 3.75. The molecule has 0 unspecified atom stereocenters. The van der Waals surface area contributed by atoms with Crippen LogP contribution in [0.5, 0.6) is 11.5 Å². The molecule has 0 atom stereocenters. The maximum absolute atomic E-state index is 14.5. The molecule has 2 aromatic heterocycles. The van der Waals surface area contributed by atoms with E-state index in [1.807, 2.05) is 0 Å². The lowest BCUT2D eigenvalue weighted by molar-refractivity contribution is 0.411. The Morgan fingerprint density at radius 3 is 2.81 bits per heavy atom. The van der Waals surface area contributed by atoms with Gasteiger partial charge in [0.15, 0.2) is 22.6 Å². The number of aromatic amines is 1. The molecule has 9 heteroatoms. The summed E-state index contributed by atoms with van der Waals surface area (Å²) in [6.07, 6.45) is 4.00. The number of nitrogens with zero attached hydrogens (tertiary/aromatic N) is 2. The first-order valence-corrected chi connectivity index (χ1v) is 9.21. The highest BCUT2D eigenvalue weighted by atomic mass is 35.5. The molecule has 1 aromatic carbocycles. The largest absolute Gasteiger partial charge is 0.450 e. The van der Waals surface area contributed by atoms with E-state index in [0.29, 0.717) is 27.8 Å². The van der Waals surface area contributed by atoms with Gasteiger partial charge < -0.3 is 15.0 Å². The molecule has 0 bridgehead atoms. The summed E-state index contributed by atoms with van der Waals surface area (Å²) in [6, 6.07) is 3.85. The van der Waals surface area contributed by atoms with E-state index >= 15 is 0 Å². The number of H-pyrrole nitrogens is 1. The molecule has 0 aliphatic carbocycles. The van der Waals surface area contributed by atoms with Crippen molar-refractivity contribution in [1.82, 2.24) is 9.97 Å². The van der Waals surface area contributed by atoms with Gasteiger partial charge in [0.05, 0.1) is 10.4 Å². The number of halogens is 3. The van der Waals surface area contributed by atoms with Gasteiger partial charge in [0, 0.05) is 42.5 Å². The Kier molecular flexibility index (Phi) is 4.69. The molecule has 4 rings (SSSR count). The molecule has 1 aliphatic rings. The van der Waals surface area contributed by atoms with Crippen molar-refractivity contribution in [2.75, 3.05) is 17.6 Å². The van der Waals surface area contributed by atoms with Crippen molar-refractivity contribution in [3.05, 3.63) is 47.2 Å². The van der Waals surface area contributed by atoms with Gasteiger partial charge in [-0.25, -0.2) is 13.8 Å². The van der Waals surface area contributed by atoms with Crippen LogP contribution in [0, 0.1) is 11.6 Å². The zero-order valence-electron chi connectivity index (χ0n) is 13.4. The van der Waals surface area contributed by atoms with E-state index in [4.69, 9.17) is 16.3 Å². The van der Waals surface area contributed by atoms with Crippen molar-refractivity contribution >= 4 is 45.3 Å². The molecule has 3 aromatic rings. The number of fused-ring (bicyclic) bond motifs is 1. The van der Waals surface area contributed by atoms with E-state index in [1.54, 1.807) is 0 Å². The second-order valence-corrected chi connectivity index (χ2v) is 7.05. The fourth-order valence-electron chi connectivity index (χ4n) is 2.57. The van der Waals surface area contributed by atoms with Gasteiger partial charge in [-0.1, -0.05) is 23.4 Å². The smallest absolute Gasteiger partial charge is 0.198 e. The van der Waals surface area contributed by atoms with Gasteiger partial charge in [0.1, 0.15) is 11.4 Å². The lowest BCUT2D eigenvalue weighted by Gasteiger charge is -2.15. The van der Waals surface area contributed by atoms with Crippen LogP contribution in [-0.2, 0) is 0 Å². The third kappa shape index (κ3) is 3.34. The molecule has 134 valence electrons. The maximum atomic E-state index is 14.5. The van der Waals surface area contributed by atoms with Crippen LogP contribution in [0.2, 0.25) is 5.02 Å². The molecule has 1 aliphatic heterocycles. The van der Waals surface area contributed by atoms with Crippen LogP contribution in [0.25, 0.3) is 11.0 Å². The van der Waals surface area contributed by atoms with E-state index in [2.05, 4.69) is 20.3 Å². The summed E-state index contributed by atoms with van der Waals surface area (Å²) in [5, 5.41) is 4.40. The molecule has 0 spiro atoms. The Labute approximate surface area is 156 Å². The Bertz CT molecular complexity index is 985. The minimum absolute atomic E-state index is 0.215. The SMILES string of the molecule is Fc1cc(NC2=NCCCS2)cc(F)c1Oc1ccnc2[nH]cc(Cl)c12. The van der Waals surface area contributed by atoms with Crippen LogP contribution in [0.15, 0.2) is 35.6 Å². The summed E-state index contributed by atoms with van der Waals surface area (Å²) >= 11 is 7.61. The highest BCUT2D eigenvalue weighted by Crippen LogP contribution is 2.36. The van der Waals surface area contributed by atoms with E-state index < -0.39 is 17.4 Å². The highest BCUT2D eigenvalue weighted by molar-refractivity contribution is 8.14. The molecule has 2 N–H and O–H groups in total. The summed E-state index contributed by atoms with van der Waals surface area (Å²) in [6.45, 7) is 0.705. The second kappa shape index (κ2) is 7.13. The van der Waals surface area contributed by atoms with Crippen LogP contribution in [0.1, 0.15) is 6.42 Å². The van der Waals surface area contributed by atoms with E-state index in [1.165, 1.54) is 42.4 Å². The summed E-state index contributed by atoms with van der Waals surface area (Å²) in [7, 11) is 0. The molecule has 0 radical (unpaired) electrons. The van der Waals surface area contributed by atoms with Crippen LogP contribution in [0.4, 0.5) is 14.5 Å². The van der Waals surface area contributed by atoms with Crippen molar-refractivity contribution in [2.24, 2.45) is 4.99 Å². The Morgan fingerprint density at radius 2 is 2.08 bits per heavy atom. The minimum atomic E-state index is -0.828. The van der Waals surface area contributed by atoms with Crippen molar-refractivity contribution in [2.45, 2.75) is 6.42 Å². The van der Waals surface area contributed by atoms with Crippen LogP contribution in [-0.4, -0.2) is 27.4 Å². The van der Waals surface area contributed by atoms with Crippen molar-refractivity contribution in [1.29, 1.82) is 0 Å². The summed E-state index contributed by atoms with van der Waals surface area (Å²) in [4.78, 5) is 11.2. The molecule has 5 nitrogen and oxygen atoms in total. The molecular formula is C17H13ClF2N4OS. The lowest BCUT2D eigenvalue weighted by Crippen LogP contribution is -2.13. The van der Waals surface area contributed by atoms with Gasteiger partial charge in [-0.2, -0.15) is 0 Å². The summed E-state index contributed by atoms with van der Waals surface area (Å²) in [5.74, 6) is -1.02. The van der Waals surface area contributed by atoms with Crippen molar-refractivity contribution in [3.63, 3.8) is 0 Å². The van der Waals surface area contributed by atoms with Gasteiger partial charge >= 0.3 is 0 Å². The predicted molar refractivity (Wildman–Crippen MR) is 101 cm³/mol. The molecule has 0 amide bonds. The Balaban J connectivity index is 1.64. The number of amidine groups is 1. The number of hydrogen-bond donors (Lipinski definition) is 2. The van der Waals surface area contributed by atoms with Crippen molar-refractivity contribution in [3.8, 4) is 11.5 Å². The van der Waals surface area contributed by atoms with Gasteiger partial charge in [0.25, 0.3) is 0 Å². The number of nitrogens with one attached hydrogen (secondary N) is 2. The molecule has 0 saturated carbocycles. The average Bonchev–Trinajstić information content (AvgIpc) is 3.01. The molecule has 0 fully saturated rings. The Hall–Kier alpha value is -2.32. The number of ether oxygens (including phenoxy) is 1. The van der Waals surface area contributed by atoms with Gasteiger partial charge in [-0.05, 0) is 12.5 Å². The van der Waals surface area contributed by atoms with Gasteiger partial charge in [-0.15, -0.1) is 0 Å². The Morgan fingerprint density at radius 1 is 1.27 bits per heavy atom. The number of thioether (sulfide) groups is 1.